The van der Waals surface area contributed by atoms with Gasteiger partial charge in [0, 0.05) is 37.1 Å². The molecule has 1 aliphatic rings. The van der Waals surface area contributed by atoms with E-state index in [4.69, 9.17) is 4.98 Å². The standard InChI is InChI=1S/C25H30N4O/c1-3-7-23(27-30)19-10-12-20(13-11-19)24-18-21-8-5-6-9-22(21)25(26-24)29-16-14-28(4-2)15-17-29/h5-6,8-13,18,30H,3-4,7,14-17H2,1-2H3. The van der Waals surface area contributed by atoms with Crippen molar-refractivity contribution < 1.29 is 5.21 Å². The summed E-state index contributed by atoms with van der Waals surface area (Å²) in [6.45, 7) is 9.56. The molecule has 3 aromatic rings. The molecule has 0 saturated carbocycles. The van der Waals surface area contributed by atoms with Gasteiger partial charge in [-0.25, -0.2) is 4.98 Å². The average molecular weight is 403 g/mol. The fourth-order valence-corrected chi connectivity index (χ4v) is 4.17. The summed E-state index contributed by atoms with van der Waals surface area (Å²) in [5.41, 5.74) is 3.74. The van der Waals surface area contributed by atoms with Gasteiger partial charge in [-0.1, -0.05) is 74.0 Å². The number of aromatic nitrogens is 1. The second-order valence-corrected chi connectivity index (χ2v) is 7.85. The van der Waals surface area contributed by atoms with Crippen molar-refractivity contribution in [3.8, 4) is 11.3 Å². The molecule has 30 heavy (non-hydrogen) atoms. The summed E-state index contributed by atoms with van der Waals surface area (Å²) in [6, 6.07) is 18.9. The third-order valence-corrected chi connectivity index (χ3v) is 5.96. The van der Waals surface area contributed by atoms with Crippen molar-refractivity contribution >= 4 is 22.3 Å². The molecule has 4 rings (SSSR count). The Kier molecular flexibility index (Phi) is 6.29. The zero-order chi connectivity index (χ0) is 20.9. The lowest BCUT2D eigenvalue weighted by molar-refractivity contribution is 0.271. The van der Waals surface area contributed by atoms with Gasteiger partial charge < -0.3 is 15.0 Å². The van der Waals surface area contributed by atoms with Crippen molar-refractivity contribution in [3.05, 3.63) is 60.2 Å². The van der Waals surface area contributed by atoms with E-state index in [2.05, 4.69) is 71.3 Å². The van der Waals surface area contributed by atoms with E-state index in [1.54, 1.807) is 0 Å². The molecule has 0 spiro atoms. The lowest BCUT2D eigenvalue weighted by atomic mass is 10.0. The molecule has 0 aliphatic carbocycles. The summed E-state index contributed by atoms with van der Waals surface area (Å²) in [4.78, 5) is 10.0. The number of oxime groups is 1. The van der Waals surface area contributed by atoms with Crippen LogP contribution in [0.2, 0.25) is 0 Å². The van der Waals surface area contributed by atoms with Gasteiger partial charge in [0.25, 0.3) is 0 Å². The van der Waals surface area contributed by atoms with Gasteiger partial charge in [-0.2, -0.15) is 0 Å². The molecule has 0 bridgehead atoms. The zero-order valence-corrected chi connectivity index (χ0v) is 17.9. The molecule has 1 aliphatic heterocycles. The van der Waals surface area contributed by atoms with Crippen LogP contribution in [0.3, 0.4) is 0 Å². The van der Waals surface area contributed by atoms with Gasteiger partial charge >= 0.3 is 0 Å². The van der Waals surface area contributed by atoms with Crippen LogP contribution in [0.15, 0.2) is 59.8 Å². The van der Waals surface area contributed by atoms with E-state index in [1.807, 2.05) is 12.1 Å². The normalized spacial score (nSPS) is 15.7. The topological polar surface area (TPSA) is 52.0 Å². The van der Waals surface area contributed by atoms with E-state index in [1.165, 1.54) is 10.8 Å². The van der Waals surface area contributed by atoms with E-state index in [-0.39, 0.29) is 0 Å². The van der Waals surface area contributed by atoms with Crippen LogP contribution in [0.5, 0.6) is 0 Å². The van der Waals surface area contributed by atoms with Gasteiger partial charge in [-0.15, -0.1) is 0 Å². The molecule has 1 saturated heterocycles. The Morgan fingerprint density at radius 1 is 1.00 bits per heavy atom. The monoisotopic (exact) mass is 402 g/mol. The summed E-state index contributed by atoms with van der Waals surface area (Å²) in [5.74, 6) is 1.08. The molecule has 0 unspecified atom stereocenters. The average Bonchev–Trinajstić information content (AvgIpc) is 2.82. The maximum Gasteiger partial charge on any atom is 0.137 e. The fraction of sp³-hybridized carbons (Fsp3) is 0.360. The predicted octanol–water partition coefficient (Wildman–Crippen LogP) is 5.02. The van der Waals surface area contributed by atoms with Crippen LogP contribution in [0.25, 0.3) is 22.0 Å². The highest BCUT2D eigenvalue weighted by Gasteiger charge is 2.19. The predicted molar refractivity (Wildman–Crippen MR) is 125 cm³/mol. The van der Waals surface area contributed by atoms with Crippen molar-refractivity contribution in [1.29, 1.82) is 0 Å². The van der Waals surface area contributed by atoms with Crippen LogP contribution in [0.4, 0.5) is 5.82 Å². The number of likely N-dealkylation sites (N-methyl/N-ethyl adjacent to an activating group) is 1. The Morgan fingerprint density at radius 2 is 1.73 bits per heavy atom. The third kappa shape index (κ3) is 4.17. The molecule has 0 amide bonds. The van der Waals surface area contributed by atoms with Crippen LogP contribution in [-0.4, -0.2) is 53.5 Å². The minimum atomic E-state index is 0.727. The highest BCUT2D eigenvalue weighted by Crippen LogP contribution is 2.31. The first-order valence-corrected chi connectivity index (χ1v) is 10.9. The van der Waals surface area contributed by atoms with E-state index in [0.29, 0.717) is 0 Å². The molecule has 0 radical (unpaired) electrons. The number of nitrogens with zero attached hydrogens (tertiary/aromatic N) is 4. The highest BCUT2D eigenvalue weighted by atomic mass is 16.4. The van der Waals surface area contributed by atoms with Crippen molar-refractivity contribution in [2.75, 3.05) is 37.6 Å². The van der Waals surface area contributed by atoms with E-state index < -0.39 is 0 Å². The Hall–Kier alpha value is -2.92. The van der Waals surface area contributed by atoms with Crippen LogP contribution in [-0.2, 0) is 0 Å². The van der Waals surface area contributed by atoms with Gasteiger partial charge in [0.05, 0.1) is 11.4 Å². The first kappa shape index (κ1) is 20.4. The molecule has 1 N–H and O–H groups in total. The SMILES string of the molecule is CCCC(=NO)c1ccc(-c2cc3ccccc3c(N3CCN(CC)CC3)n2)cc1. The number of fused-ring (bicyclic) bond motifs is 1. The molecule has 2 aromatic carbocycles. The summed E-state index contributed by atoms with van der Waals surface area (Å²) in [6.07, 6.45) is 1.71. The number of benzene rings is 2. The Balaban J connectivity index is 1.70. The third-order valence-electron chi connectivity index (χ3n) is 5.96. The van der Waals surface area contributed by atoms with Crippen LogP contribution in [0.1, 0.15) is 32.3 Å². The van der Waals surface area contributed by atoms with E-state index in [0.717, 1.165) is 73.9 Å². The Bertz CT molecular complexity index is 1020. The lowest BCUT2D eigenvalue weighted by Gasteiger charge is -2.35. The molecule has 5 nitrogen and oxygen atoms in total. The van der Waals surface area contributed by atoms with Crippen molar-refractivity contribution in [2.45, 2.75) is 26.7 Å². The summed E-state index contributed by atoms with van der Waals surface area (Å²) in [7, 11) is 0. The summed E-state index contributed by atoms with van der Waals surface area (Å²) < 4.78 is 0. The maximum atomic E-state index is 9.30. The maximum absolute atomic E-state index is 9.30. The molecule has 0 atom stereocenters. The zero-order valence-electron chi connectivity index (χ0n) is 17.9. The molecule has 156 valence electrons. The number of rotatable bonds is 6. The minimum Gasteiger partial charge on any atom is -0.411 e. The number of pyridine rings is 1. The number of hydrogen-bond donors (Lipinski definition) is 1. The van der Waals surface area contributed by atoms with E-state index >= 15 is 0 Å². The molecule has 2 heterocycles. The van der Waals surface area contributed by atoms with Crippen molar-refractivity contribution in [3.63, 3.8) is 0 Å². The molecule has 1 fully saturated rings. The van der Waals surface area contributed by atoms with Crippen molar-refractivity contribution in [2.24, 2.45) is 5.16 Å². The first-order valence-electron chi connectivity index (χ1n) is 10.9. The number of piperazine rings is 1. The molecule has 1 aromatic heterocycles. The van der Waals surface area contributed by atoms with Gasteiger partial charge in [0.15, 0.2) is 0 Å². The summed E-state index contributed by atoms with van der Waals surface area (Å²) in [5, 5.41) is 15.2. The Labute approximate surface area is 178 Å². The smallest absolute Gasteiger partial charge is 0.137 e. The van der Waals surface area contributed by atoms with Crippen LogP contribution in [0, 0.1) is 0 Å². The lowest BCUT2D eigenvalue weighted by Crippen LogP contribution is -2.46. The Morgan fingerprint density at radius 3 is 2.40 bits per heavy atom. The van der Waals surface area contributed by atoms with Gasteiger partial charge in [-0.3, -0.25) is 0 Å². The fourth-order valence-electron chi connectivity index (χ4n) is 4.17. The summed E-state index contributed by atoms with van der Waals surface area (Å²) >= 11 is 0. The van der Waals surface area contributed by atoms with Crippen LogP contribution < -0.4 is 4.90 Å². The highest BCUT2D eigenvalue weighted by molar-refractivity contribution is 6.00. The number of hydrogen-bond acceptors (Lipinski definition) is 5. The second kappa shape index (κ2) is 9.26. The van der Waals surface area contributed by atoms with Crippen molar-refractivity contribution in [1.82, 2.24) is 9.88 Å². The molecular formula is C25H30N4O. The first-order chi connectivity index (χ1) is 14.7. The van der Waals surface area contributed by atoms with Gasteiger partial charge in [0.2, 0.25) is 0 Å². The van der Waals surface area contributed by atoms with Gasteiger partial charge in [0.1, 0.15) is 5.82 Å². The number of anilines is 1. The minimum absolute atomic E-state index is 0.727. The molecule has 5 heteroatoms. The second-order valence-electron chi connectivity index (χ2n) is 7.85. The van der Waals surface area contributed by atoms with E-state index in [9.17, 15) is 5.21 Å². The quantitative estimate of drug-likeness (QED) is 0.357. The largest absolute Gasteiger partial charge is 0.411 e. The van der Waals surface area contributed by atoms with Gasteiger partial charge in [-0.05, 0) is 30.0 Å². The van der Waals surface area contributed by atoms with Crippen LogP contribution >= 0.6 is 0 Å². The molecular weight excluding hydrogens is 372 g/mol.